The van der Waals surface area contributed by atoms with Gasteiger partial charge in [0, 0.05) is 37.5 Å². The molecule has 0 atom stereocenters. The Hall–Kier alpha value is -4.39. The second kappa shape index (κ2) is 11.6. The minimum Gasteiger partial charge on any atom is -0.503 e. The van der Waals surface area contributed by atoms with Crippen LogP contribution in [0, 0.1) is 17.5 Å². The Labute approximate surface area is 233 Å². The van der Waals surface area contributed by atoms with Crippen molar-refractivity contribution in [3.05, 3.63) is 76.9 Å². The summed E-state index contributed by atoms with van der Waals surface area (Å²) in [4.78, 5) is 18.6. The number of nitrogens with one attached hydrogen (secondary N) is 1. The second-order valence-corrected chi connectivity index (χ2v) is 10.2. The van der Waals surface area contributed by atoms with Crippen molar-refractivity contribution >= 4 is 11.9 Å². The van der Waals surface area contributed by atoms with Crippen molar-refractivity contribution in [1.29, 1.82) is 0 Å². The van der Waals surface area contributed by atoms with Crippen LogP contribution >= 0.6 is 0 Å². The summed E-state index contributed by atoms with van der Waals surface area (Å²) in [5.41, 5.74) is 1.57. The Morgan fingerprint density at radius 1 is 1.17 bits per heavy atom. The summed E-state index contributed by atoms with van der Waals surface area (Å²) in [5.74, 6) is -6.63. The number of phenols is 1. The zero-order chi connectivity index (χ0) is 29.3. The topological polar surface area (TPSA) is 119 Å². The molecule has 1 saturated carbocycles. The van der Waals surface area contributed by atoms with E-state index in [0.717, 1.165) is 24.1 Å². The van der Waals surface area contributed by atoms with Gasteiger partial charge in [-0.1, -0.05) is 12.1 Å². The summed E-state index contributed by atoms with van der Waals surface area (Å²) >= 11 is 0. The van der Waals surface area contributed by atoms with Gasteiger partial charge >= 0.3 is 0 Å². The summed E-state index contributed by atoms with van der Waals surface area (Å²) in [6, 6.07) is 9.56. The van der Waals surface area contributed by atoms with E-state index in [1.165, 1.54) is 0 Å². The fourth-order valence-corrected chi connectivity index (χ4v) is 4.65. The first-order valence-electron chi connectivity index (χ1n) is 13.0. The standard InChI is InChI=1S/C28H29F3N6O4/c1-15(2)37-19(8-9-32-37)14-36(28-34-27(41-35-28)21-12-22(29)24(31)25(38)23(21)30)13-16-4-6-17(7-5-16)26(39)33-18-10-20(11-18)40-3/h4-9,12,15,18,20,38H,10-11,13-14H2,1-3H3,(H,33,39). The molecule has 5 rings (SSSR count). The molecule has 41 heavy (non-hydrogen) atoms. The van der Waals surface area contributed by atoms with Gasteiger partial charge in [-0.2, -0.15) is 14.5 Å². The first kappa shape index (κ1) is 28.1. The summed E-state index contributed by atoms with van der Waals surface area (Å²) in [6.07, 6.45) is 3.40. The molecule has 2 aromatic carbocycles. The molecular formula is C28H29F3N6O4. The predicted molar refractivity (Wildman–Crippen MR) is 141 cm³/mol. The van der Waals surface area contributed by atoms with Gasteiger partial charge in [0.15, 0.2) is 17.4 Å². The second-order valence-electron chi connectivity index (χ2n) is 10.2. The van der Waals surface area contributed by atoms with Gasteiger partial charge in [0.05, 0.1) is 23.9 Å². The quantitative estimate of drug-likeness (QED) is 0.262. The third-order valence-corrected chi connectivity index (χ3v) is 7.01. The van der Waals surface area contributed by atoms with Crippen molar-refractivity contribution in [3.8, 4) is 17.2 Å². The number of ether oxygens (including phenoxy) is 1. The van der Waals surface area contributed by atoms with Crippen molar-refractivity contribution in [2.45, 2.75) is 58.0 Å². The van der Waals surface area contributed by atoms with Crippen LogP contribution in [0.15, 0.2) is 47.1 Å². The number of methoxy groups -OCH3 is 1. The molecule has 2 heterocycles. The largest absolute Gasteiger partial charge is 0.503 e. The average molecular weight is 571 g/mol. The molecule has 0 bridgehead atoms. The van der Waals surface area contributed by atoms with E-state index in [1.54, 1.807) is 42.5 Å². The van der Waals surface area contributed by atoms with Gasteiger partial charge in [0.25, 0.3) is 17.7 Å². The number of aromatic hydroxyl groups is 1. The van der Waals surface area contributed by atoms with Crippen LogP contribution in [0.1, 0.15) is 54.3 Å². The minimum absolute atomic E-state index is 0.0413. The van der Waals surface area contributed by atoms with Gasteiger partial charge in [-0.15, -0.1) is 0 Å². The Balaban J connectivity index is 1.39. The van der Waals surface area contributed by atoms with Crippen LogP contribution in [-0.4, -0.2) is 50.2 Å². The third kappa shape index (κ3) is 5.89. The Bertz CT molecular complexity index is 1530. The number of amides is 1. The lowest BCUT2D eigenvalue weighted by atomic mass is 9.89. The van der Waals surface area contributed by atoms with Crippen molar-refractivity contribution < 1.29 is 32.3 Å². The number of rotatable bonds is 10. The lowest BCUT2D eigenvalue weighted by Gasteiger charge is -2.34. The lowest BCUT2D eigenvalue weighted by Crippen LogP contribution is -2.47. The van der Waals surface area contributed by atoms with Gasteiger partial charge in [-0.25, -0.2) is 8.78 Å². The number of hydrogen-bond acceptors (Lipinski definition) is 8. The molecule has 1 amide bonds. The summed E-state index contributed by atoms with van der Waals surface area (Å²) < 4.78 is 54.3. The maximum Gasteiger partial charge on any atom is 0.267 e. The predicted octanol–water partition coefficient (Wildman–Crippen LogP) is 4.75. The molecule has 10 nitrogen and oxygen atoms in total. The van der Waals surface area contributed by atoms with Gasteiger partial charge in [0.2, 0.25) is 5.82 Å². The van der Waals surface area contributed by atoms with Crippen LogP contribution in [0.5, 0.6) is 5.75 Å². The van der Waals surface area contributed by atoms with E-state index in [4.69, 9.17) is 9.26 Å². The van der Waals surface area contributed by atoms with Crippen LogP contribution < -0.4 is 10.2 Å². The fourth-order valence-electron chi connectivity index (χ4n) is 4.65. The molecule has 13 heteroatoms. The van der Waals surface area contributed by atoms with Crippen molar-refractivity contribution in [1.82, 2.24) is 25.2 Å². The van der Waals surface area contributed by atoms with Crippen LogP contribution in [-0.2, 0) is 17.8 Å². The van der Waals surface area contributed by atoms with E-state index in [-0.39, 0.29) is 43.1 Å². The minimum atomic E-state index is -1.71. The number of benzene rings is 2. The van der Waals surface area contributed by atoms with Crippen LogP contribution in [0.25, 0.3) is 11.5 Å². The van der Waals surface area contributed by atoms with Gasteiger partial charge in [-0.3, -0.25) is 9.48 Å². The Kier molecular flexibility index (Phi) is 7.97. The van der Waals surface area contributed by atoms with Crippen molar-refractivity contribution in [3.63, 3.8) is 0 Å². The molecule has 0 spiro atoms. The summed E-state index contributed by atoms with van der Waals surface area (Å²) in [6.45, 7) is 4.49. The number of carbonyl (C=O) groups excluding carboxylic acids is 1. The number of nitrogens with zero attached hydrogens (tertiary/aromatic N) is 5. The molecule has 1 aliphatic carbocycles. The number of phenolic OH excluding ortho intramolecular Hbond substituents is 1. The van der Waals surface area contributed by atoms with E-state index in [1.807, 2.05) is 24.6 Å². The number of carbonyl (C=O) groups is 1. The highest BCUT2D eigenvalue weighted by atomic mass is 19.2. The number of hydrogen-bond donors (Lipinski definition) is 2. The normalized spacial score (nSPS) is 16.6. The molecular weight excluding hydrogens is 541 g/mol. The van der Waals surface area contributed by atoms with Crippen molar-refractivity contribution in [2.75, 3.05) is 12.0 Å². The molecule has 0 radical (unpaired) electrons. The maximum atomic E-state index is 14.5. The van der Waals surface area contributed by atoms with E-state index < -0.39 is 34.7 Å². The molecule has 216 valence electrons. The van der Waals surface area contributed by atoms with Crippen LogP contribution in [0.4, 0.5) is 19.1 Å². The summed E-state index contributed by atoms with van der Waals surface area (Å²) in [5, 5.41) is 20.9. The molecule has 0 saturated heterocycles. The van der Waals surface area contributed by atoms with Gasteiger partial charge in [-0.05, 0) is 61.7 Å². The van der Waals surface area contributed by atoms with Crippen molar-refractivity contribution in [2.24, 2.45) is 0 Å². The fraction of sp³-hybridized carbons (Fsp3) is 0.357. The first-order valence-corrected chi connectivity index (χ1v) is 13.0. The number of aromatic nitrogens is 4. The Morgan fingerprint density at radius 2 is 1.90 bits per heavy atom. The van der Waals surface area contributed by atoms with E-state index in [2.05, 4.69) is 20.6 Å². The lowest BCUT2D eigenvalue weighted by molar-refractivity contribution is 0.0176. The molecule has 2 N–H and O–H groups in total. The zero-order valence-corrected chi connectivity index (χ0v) is 22.6. The van der Waals surface area contributed by atoms with Gasteiger partial charge in [0.1, 0.15) is 0 Å². The third-order valence-electron chi connectivity index (χ3n) is 7.01. The summed E-state index contributed by atoms with van der Waals surface area (Å²) in [7, 11) is 1.66. The molecule has 1 aliphatic rings. The van der Waals surface area contributed by atoms with Crippen LogP contribution in [0.2, 0.25) is 0 Å². The first-order chi connectivity index (χ1) is 19.6. The molecule has 4 aromatic rings. The molecule has 2 aromatic heterocycles. The molecule has 0 aliphatic heterocycles. The number of anilines is 1. The zero-order valence-electron chi connectivity index (χ0n) is 22.6. The molecule has 1 fully saturated rings. The average Bonchev–Trinajstić information content (AvgIpc) is 3.61. The highest BCUT2D eigenvalue weighted by Crippen LogP contribution is 2.33. The smallest absolute Gasteiger partial charge is 0.267 e. The highest BCUT2D eigenvalue weighted by Gasteiger charge is 2.30. The van der Waals surface area contributed by atoms with E-state index >= 15 is 0 Å². The van der Waals surface area contributed by atoms with Gasteiger partial charge < -0.3 is 24.6 Å². The number of halogens is 3. The van der Waals surface area contributed by atoms with E-state index in [0.29, 0.717) is 11.6 Å². The SMILES string of the molecule is COC1CC(NC(=O)c2ccc(CN(Cc3ccnn3C(C)C)c3noc(-c4cc(F)c(F)c(O)c4F)n3)cc2)C1. The van der Waals surface area contributed by atoms with E-state index in [9.17, 15) is 23.1 Å². The van der Waals surface area contributed by atoms with Crippen LogP contribution in [0.3, 0.4) is 0 Å². The monoisotopic (exact) mass is 570 g/mol. The maximum absolute atomic E-state index is 14.5. The molecule has 0 unspecified atom stereocenters. The highest BCUT2D eigenvalue weighted by molar-refractivity contribution is 5.94. The Morgan fingerprint density at radius 3 is 2.59 bits per heavy atom.